The second-order valence-corrected chi connectivity index (χ2v) is 4.43. The van der Waals surface area contributed by atoms with Gasteiger partial charge in [0, 0.05) is 12.8 Å². The van der Waals surface area contributed by atoms with E-state index >= 15 is 0 Å². The van der Waals surface area contributed by atoms with Crippen molar-refractivity contribution in [3.63, 3.8) is 0 Å². The summed E-state index contributed by atoms with van der Waals surface area (Å²) in [7, 11) is 0. The van der Waals surface area contributed by atoms with Gasteiger partial charge in [0.25, 0.3) is 0 Å². The molecular formula is C12H18N2O2S. The number of nitrogens with zero attached hydrogens (tertiary/aromatic N) is 2. The summed E-state index contributed by atoms with van der Waals surface area (Å²) in [6, 6.07) is 1.77. The van der Waals surface area contributed by atoms with Gasteiger partial charge < -0.3 is 4.74 Å². The van der Waals surface area contributed by atoms with Crippen LogP contribution in [-0.2, 0) is 16.0 Å². The molecule has 1 rings (SSSR count). The molecule has 4 nitrogen and oxygen atoms in total. The predicted octanol–water partition coefficient (Wildman–Crippen LogP) is 2.13. The zero-order valence-corrected chi connectivity index (χ0v) is 11.1. The SMILES string of the molecule is CCCCOCC(=O)Cc1ccnc(SC)n1. The summed E-state index contributed by atoms with van der Waals surface area (Å²) in [5.74, 6) is 0.0619. The highest BCUT2D eigenvalue weighted by Gasteiger charge is 2.06. The number of Topliss-reactive ketones (excluding diaryl/α,β-unsaturated/α-hetero) is 1. The van der Waals surface area contributed by atoms with E-state index in [1.54, 1.807) is 12.3 Å². The summed E-state index contributed by atoms with van der Waals surface area (Å²) in [4.78, 5) is 19.9. The zero-order valence-electron chi connectivity index (χ0n) is 10.3. The van der Waals surface area contributed by atoms with Gasteiger partial charge in [0.1, 0.15) is 6.61 Å². The van der Waals surface area contributed by atoms with Crippen molar-refractivity contribution in [2.24, 2.45) is 0 Å². The van der Waals surface area contributed by atoms with Crippen LogP contribution in [0.4, 0.5) is 0 Å². The number of ether oxygens (including phenoxy) is 1. The van der Waals surface area contributed by atoms with Gasteiger partial charge in [-0.05, 0) is 18.7 Å². The molecule has 1 aromatic heterocycles. The van der Waals surface area contributed by atoms with E-state index in [0.29, 0.717) is 18.2 Å². The van der Waals surface area contributed by atoms with E-state index < -0.39 is 0 Å². The molecule has 0 amide bonds. The van der Waals surface area contributed by atoms with Gasteiger partial charge in [-0.15, -0.1) is 0 Å². The molecule has 0 spiro atoms. The van der Waals surface area contributed by atoms with Gasteiger partial charge >= 0.3 is 0 Å². The first-order chi connectivity index (χ1) is 8.26. The molecule has 0 atom stereocenters. The van der Waals surface area contributed by atoms with Crippen molar-refractivity contribution in [3.05, 3.63) is 18.0 Å². The lowest BCUT2D eigenvalue weighted by Crippen LogP contribution is -2.13. The van der Waals surface area contributed by atoms with Crippen molar-refractivity contribution in [1.29, 1.82) is 0 Å². The molecule has 0 N–H and O–H groups in total. The van der Waals surface area contributed by atoms with Crippen molar-refractivity contribution in [2.45, 2.75) is 31.3 Å². The summed E-state index contributed by atoms with van der Waals surface area (Å²) in [5.41, 5.74) is 0.758. The van der Waals surface area contributed by atoms with Crippen LogP contribution in [0, 0.1) is 0 Å². The molecule has 5 heteroatoms. The number of thioether (sulfide) groups is 1. The molecule has 0 bridgehead atoms. The fourth-order valence-corrected chi connectivity index (χ4v) is 1.63. The molecule has 0 unspecified atom stereocenters. The molecule has 17 heavy (non-hydrogen) atoms. The van der Waals surface area contributed by atoms with E-state index in [1.165, 1.54) is 11.8 Å². The van der Waals surface area contributed by atoms with Crippen LogP contribution in [-0.4, -0.2) is 35.2 Å². The first-order valence-corrected chi connectivity index (χ1v) is 6.94. The molecule has 0 aliphatic heterocycles. The normalized spacial score (nSPS) is 10.5. The predicted molar refractivity (Wildman–Crippen MR) is 68.3 cm³/mol. The second kappa shape index (κ2) is 8.20. The fraction of sp³-hybridized carbons (Fsp3) is 0.583. The van der Waals surface area contributed by atoms with Gasteiger partial charge in [0.2, 0.25) is 0 Å². The lowest BCUT2D eigenvalue weighted by atomic mass is 10.2. The average molecular weight is 254 g/mol. The van der Waals surface area contributed by atoms with Crippen molar-refractivity contribution in [3.8, 4) is 0 Å². The van der Waals surface area contributed by atoms with Crippen LogP contribution in [0.2, 0.25) is 0 Å². The van der Waals surface area contributed by atoms with Crippen LogP contribution in [0.3, 0.4) is 0 Å². The first kappa shape index (κ1) is 14.1. The van der Waals surface area contributed by atoms with Gasteiger partial charge in [-0.3, -0.25) is 4.79 Å². The maximum Gasteiger partial charge on any atom is 0.187 e. The Bertz CT molecular complexity index is 358. The molecule has 0 aliphatic rings. The summed E-state index contributed by atoms with van der Waals surface area (Å²) in [5, 5.41) is 0.696. The van der Waals surface area contributed by atoms with E-state index in [1.807, 2.05) is 6.26 Å². The Balaban J connectivity index is 2.34. The molecule has 1 aromatic rings. The Morgan fingerprint density at radius 1 is 1.53 bits per heavy atom. The van der Waals surface area contributed by atoms with Gasteiger partial charge in [-0.25, -0.2) is 9.97 Å². The maximum atomic E-state index is 11.6. The zero-order chi connectivity index (χ0) is 12.5. The van der Waals surface area contributed by atoms with E-state index in [4.69, 9.17) is 4.74 Å². The number of carbonyl (C=O) groups is 1. The number of hydrogen-bond acceptors (Lipinski definition) is 5. The van der Waals surface area contributed by atoms with Crippen LogP contribution in [0.25, 0.3) is 0 Å². The minimum atomic E-state index is 0.0619. The fourth-order valence-electron chi connectivity index (χ4n) is 1.26. The first-order valence-electron chi connectivity index (χ1n) is 5.71. The van der Waals surface area contributed by atoms with Crippen molar-refractivity contribution in [2.75, 3.05) is 19.5 Å². The molecule has 0 radical (unpaired) electrons. The highest BCUT2D eigenvalue weighted by Crippen LogP contribution is 2.08. The summed E-state index contributed by atoms with van der Waals surface area (Å²) in [6.07, 6.45) is 5.99. The summed E-state index contributed by atoms with van der Waals surface area (Å²) < 4.78 is 5.27. The van der Waals surface area contributed by atoms with Crippen LogP contribution in [0.5, 0.6) is 0 Å². The third-order valence-corrected chi connectivity index (χ3v) is 2.72. The number of unbranched alkanes of at least 4 members (excludes halogenated alkanes) is 1. The number of aromatic nitrogens is 2. The molecule has 94 valence electrons. The van der Waals surface area contributed by atoms with Gasteiger partial charge in [0.05, 0.1) is 12.1 Å². The Hall–Kier alpha value is -0.940. The van der Waals surface area contributed by atoms with Crippen LogP contribution in [0.15, 0.2) is 17.4 Å². The standard InChI is InChI=1S/C12H18N2O2S/c1-3-4-7-16-9-11(15)8-10-5-6-13-12(14-10)17-2/h5-6H,3-4,7-9H2,1-2H3. The highest BCUT2D eigenvalue weighted by molar-refractivity contribution is 7.98. The van der Waals surface area contributed by atoms with Crippen molar-refractivity contribution < 1.29 is 9.53 Å². The Morgan fingerprint density at radius 2 is 2.35 bits per heavy atom. The molecule has 1 heterocycles. The maximum absolute atomic E-state index is 11.6. The Kier molecular flexibility index (Phi) is 6.81. The quantitative estimate of drug-likeness (QED) is 0.404. The molecular weight excluding hydrogens is 236 g/mol. The summed E-state index contributed by atoms with van der Waals surface area (Å²) >= 11 is 1.47. The van der Waals surface area contributed by atoms with Crippen molar-refractivity contribution in [1.82, 2.24) is 9.97 Å². The van der Waals surface area contributed by atoms with E-state index in [2.05, 4.69) is 16.9 Å². The smallest absolute Gasteiger partial charge is 0.187 e. The number of hydrogen-bond donors (Lipinski definition) is 0. The van der Waals surface area contributed by atoms with Crippen molar-refractivity contribution >= 4 is 17.5 Å². The highest BCUT2D eigenvalue weighted by atomic mass is 32.2. The van der Waals surface area contributed by atoms with Crippen LogP contribution in [0.1, 0.15) is 25.5 Å². The number of ketones is 1. The third-order valence-electron chi connectivity index (χ3n) is 2.16. The van der Waals surface area contributed by atoms with Crippen LogP contribution < -0.4 is 0 Å². The third kappa shape index (κ3) is 5.79. The van der Waals surface area contributed by atoms with Gasteiger partial charge in [-0.2, -0.15) is 0 Å². The molecule has 0 aliphatic carbocycles. The average Bonchev–Trinajstić information content (AvgIpc) is 2.35. The summed E-state index contributed by atoms with van der Waals surface area (Å²) in [6.45, 7) is 2.93. The monoisotopic (exact) mass is 254 g/mol. The topological polar surface area (TPSA) is 52.1 Å². The number of carbonyl (C=O) groups excluding carboxylic acids is 1. The lowest BCUT2D eigenvalue weighted by molar-refractivity contribution is -0.123. The van der Waals surface area contributed by atoms with E-state index in [0.717, 1.165) is 18.5 Å². The molecule has 0 aromatic carbocycles. The Labute approximate surface area is 106 Å². The van der Waals surface area contributed by atoms with Gasteiger partial charge in [-0.1, -0.05) is 25.1 Å². The minimum Gasteiger partial charge on any atom is -0.374 e. The van der Waals surface area contributed by atoms with E-state index in [-0.39, 0.29) is 12.4 Å². The lowest BCUT2D eigenvalue weighted by Gasteiger charge is -2.03. The number of rotatable bonds is 8. The molecule has 0 saturated heterocycles. The Morgan fingerprint density at radius 3 is 3.06 bits per heavy atom. The van der Waals surface area contributed by atoms with Gasteiger partial charge in [0.15, 0.2) is 10.9 Å². The minimum absolute atomic E-state index is 0.0619. The molecule has 0 saturated carbocycles. The van der Waals surface area contributed by atoms with E-state index in [9.17, 15) is 4.79 Å². The second-order valence-electron chi connectivity index (χ2n) is 3.66. The molecule has 0 fully saturated rings. The van der Waals surface area contributed by atoms with Crippen LogP contribution >= 0.6 is 11.8 Å². The largest absolute Gasteiger partial charge is 0.374 e.